The van der Waals surface area contributed by atoms with E-state index in [4.69, 9.17) is 6.42 Å². The van der Waals surface area contributed by atoms with Crippen LogP contribution < -0.4 is 10.6 Å². The second-order valence-electron chi connectivity index (χ2n) is 4.12. The fourth-order valence-corrected chi connectivity index (χ4v) is 1.86. The van der Waals surface area contributed by atoms with Crippen molar-refractivity contribution in [3.63, 3.8) is 0 Å². The standard InChI is InChI=1S/C14H12N4O3/c1-2-7-16-13(19)9-17-12-6-5-11-10(4-3-8-15-11)14(12)18(20)21/h1,3-6,8,17H,7,9H2,(H,16,19). The third-order valence-corrected chi connectivity index (χ3v) is 2.77. The molecule has 7 nitrogen and oxygen atoms in total. The summed E-state index contributed by atoms with van der Waals surface area (Å²) in [5, 5.41) is 16.9. The number of aromatic nitrogens is 1. The van der Waals surface area contributed by atoms with E-state index in [1.54, 1.807) is 24.4 Å². The number of nitro groups is 1. The molecule has 0 aliphatic rings. The molecule has 0 spiro atoms. The fourth-order valence-electron chi connectivity index (χ4n) is 1.86. The lowest BCUT2D eigenvalue weighted by molar-refractivity contribution is -0.382. The van der Waals surface area contributed by atoms with Gasteiger partial charge in [0.15, 0.2) is 0 Å². The molecule has 7 heteroatoms. The Morgan fingerprint density at radius 1 is 1.43 bits per heavy atom. The van der Waals surface area contributed by atoms with E-state index < -0.39 is 4.92 Å². The van der Waals surface area contributed by atoms with Crippen LogP contribution in [-0.4, -0.2) is 28.9 Å². The summed E-state index contributed by atoms with van der Waals surface area (Å²) in [6.45, 7) is 0.0124. The molecule has 2 aromatic rings. The topological polar surface area (TPSA) is 97.2 Å². The second kappa shape index (κ2) is 6.34. The van der Waals surface area contributed by atoms with E-state index in [-0.39, 0.29) is 30.4 Å². The van der Waals surface area contributed by atoms with Crippen molar-refractivity contribution in [3.05, 3.63) is 40.6 Å². The monoisotopic (exact) mass is 284 g/mol. The number of hydrogen-bond acceptors (Lipinski definition) is 5. The summed E-state index contributed by atoms with van der Waals surface area (Å²) in [4.78, 5) is 26.3. The first kappa shape index (κ1) is 14.3. The van der Waals surface area contributed by atoms with Crippen LogP contribution in [0.5, 0.6) is 0 Å². The maximum Gasteiger partial charge on any atom is 0.301 e. The maximum atomic E-state index is 11.5. The Morgan fingerprint density at radius 2 is 2.24 bits per heavy atom. The largest absolute Gasteiger partial charge is 0.371 e. The van der Waals surface area contributed by atoms with E-state index in [0.29, 0.717) is 10.9 Å². The van der Waals surface area contributed by atoms with Crippen LogP contribution >= 0.6 is 0 Å². The first-order valence-corrected chi connectivity index (χ1v) is 6.09. The highest BCUT2D eigenvalue weighted by Crippen LogP contribution is 2.32. The Labute approximate surface area is 120 Å². The Bertz CT molecular complexity index is 737. The molecule has 1 aromatic carbocycles. The van der Waals surface area contributed by atoms with Crippen molar-refractivity contribution in [2.24, 2.45) is 0 Å². The summed E-state index contributed by atoms with van der Waals surface area (Å²) in [5.74, 6) is 1.94. The quantitative estimate of drug-likeness (QED) is 0.490. The summed E-state index contributed by atoms with van der Waals surface area (Å²) < 4.78 is 0. The van der Waals surface area contributed by atoms with Crippen molar-refractivity contribution in [2.45, 2.75) is 0 Å². The summed E-state index contributed by atoms with van der Waals surface area (Å²) in [6, 6.07) is 6.43. The molecule has 0 aliphatic carbocycles. The van der Waals surface area contributed by atoms with Crippen molar-refractivity contribution in [1.29, 1.82) is 0 Å². The summed E-state index contributed by atoms with van der Waals surface area (Å²) in [5.41, 5.74) is 0.674. The average molecular weight is 284 g/mol. The lowest BCUT2D eigenvalue weighted by atomic mass is 10.1. The Morgan fingerprint density at radius 3 is 2.95 bits per heavy atom. The number of carbonyl (C=O) groups is 1. The van der Waals surface area contributed by atoms with Crippen LogP contribution in [0.3, 0.4) is 0 Å². The minimum absolute atomic E-state index is 0.103. The fraction of sp³-hybridized carbons (Fsp3) is 0.143. The van der Waals surface area contributed by atoms with Gasteiger partial charge in [-0.2, -0.15) is 0 Å². The minimum Gasteiger partial charge on any atom is -0.371 e. The number of terminal acetylenes is 1. The van der Waals surface area contributed by atoms with Crippen molar-refractivity contribution in [1.82, 2.24) is 10.3 Å². The number of nitrogens with one attached hydrogen (secondary N) is 2. The number of pyridine rings is 1. The molecule has 0 saturated carbocycles. The van der Waals surface area contributed by atoms with Crippen molar-refractivity contribution >= 4 is 28.2 Å². The van der Waals surface area contributed by atoms with Crippen LogP contribution in [0.25, 0.3) is 10.9 Å². The molecule has 0 aliphatic heterocycles. The Kier molecular flexibility index (Phi) is 4.31. The number of nitro benzene ring substituents is 1. The highest BCUT2D eigenvalue weighted by molar-refractivity contribution is 5.95. The van der Waals surface area contributed by atoms with Crippen molar-refractivity contribution in [3.8, 4) is 12.3 Å². The highest BCUT2D eigenvalue weighted by Gasteiger charge is 2.19. The molecule has 2 N–H and O–H groups in total. The van der Waals surface area contributed by atoms with Gasteiger partial charge in [-0.1, -0.05) is 5.92 Å². The third kappa shape index (κ3) is 3.25. The van der Waals surface area contributed by atoms with Gasteiger partial charge in [0, 0.05) is 6.20 Å². The van der Waals surface area contributed by atoms with Crippen LogP contribution in [0.15, 0.2) is 30.5 Å². The number of amides is 1. The molecule has 106 valence electrons. The Balaban J connectivity index is 2.28. The molecule has 0 bridgehead atoms. The molecular weight excluding hydrogens is 272 g/mol. The molecule has 0 atom stereocenters. The smallest absolute Gasteiger partial charge is 0.301 e. The number of anilines is 1. The predicted molar refractivity (Wildman–Crippen MR) is 78.7 cm³/mol. The molecule has 1 aromatic heterocycles. The molecule has 0 fully saturated rings. The number of fused-ring (bicyclic) bond motifs is 1. The molecule has 1 amide bonds. The second-order valence-corrected chi connectivity index (χ2v) is 4.12. The molecular formula is C14H12N4O3. The first-order chi connectivity index (χ1) is 10.1. The SMILES string of the molecule is C#CCNC(=O)CNc1ccc2ncccc2c1[N+](=O)[O-]. The third-order valence-electron chi connectivity index (χ3n) is 2.77. The number of benzene rings is 1. The van der Waals surface area contributed by atoms with Gasteiger partial charge < -0.3 is 10.6 Å². The summed E-state index contributed by atoms with van der Waals surface area (Å²) in [6.07, 6.45) is 6.59. The molecule has 0 unspecified atom stereocenters. The van der Waals surface area contributed by atoms with Crippen LogP contribution in [-0.2, 0) is 4.79 Å². The van der Waals surface area contributed by atoms with Gasteiger partial charge in [0.2, 0.25) is 5.91 Å². The molecule has 21 heavy (non-hydrogen) atoms. The average Bonchev–Trinajstić information content (AvgIpc) is 2.49. The molecule has 1 heterocycles. The summed E-state index contributed by atoms with van der Waals surface area (Å²) >= 11 is 0. The number of carbonyl (C=O) groups excluding carboxylic acids is 1. The van der Waals surface area contributed by atoms with Crippen LogP contribution in [0, 0.1) is 22.5 Å². The van der Waals surface area contributed by atoms with Gasteiger partial charge in [-0.15, -0.1) is 6.42 Å². The zero-order valence-corrected chi connectivity index (χ0v) is 11.0. The zero-order chi connectivity index (χ0) is 15.2. The van der Waals surface area contributed by atoms with E-state index >= 15 is 0 Å². The van der Waals surface area contributed by atoms with E-state index in [2.05, 4.69) is 21.5 Å². The summed E-state index contributed by atoms with van der Waals surface area (Å²) in [7, 11) is 0. The lowest BCUT2D eigenvalue weighted by Crippen LogP contribution is -2.30. The Hall–Kier alpha value is -3.14. The van der Waals surface area contributed by atoms with Crippen LogP contribution in [0.1, 0.15) is 0 Å². The minimum atomic E-state index is -0.494. The van der Waals surface area contributed by atoms with Gasteiger partial charge in [-0.25, -0.2) is 0 Å². The number of rotatable bonds is 5. The maximum absolute atomic E-state index is 11.5. The van der Waals surface area contributed by atoms with Gasteiger partial charge in [-0.05, 0) is 24.3 Å². The van der Waals surface area contributed by atoms with E-state index in [1.807, 2.05) is 0 Å². The zero-order valence-electron chi connectivity index (χ0n) is 11.0. The van der Waals surface area contributed by atoms with Gasteiger partial charge >= 0.3 is 5.69 Å². The van der Waals surface area contributed by atoms with Crippen molar-refractivity contribution in [2.75, 3.05) is 18.4 Å². The van der Waals surface area contributed by atoms with E-state index in [0.717, 1.165) is 0 Å². The number of nitrogens with zero attached hydrogens (tertiary/aromatic N) is 2. The van der Waals surface area contributed by atoms with Crippen LogP contribution in [0.2, 0.25) is 0 Å². The predicted octanol–water partition coefficient (Wildman–Crippen LogP) is 1.30. The van der Waals surface area contributed by atoms with Gasteiger partial charge in [0.05, 0.1) is 28.9 Å². The van der Waals surface area contributed by atoms with Gasteiger partial charge in [0.1, 0.15) is 5.69 Å². The normalized spacial score (nSPS) is 9.86. The van der Waals surface area contributed by atoms with E-state index in [1.165, 1.54) is 6.07 Å². The van der Waals surface area contributed by atoms with E-state index in [9.17, 15) is 14.9 Å². The molecule has 0 radical (unpaired) electrons. The number of hydrogen-bond donors (Lipinski definition) is 2. The van der Waals surface area contributed by atoms with Gasteiger partial charge in [0.25, 0.3) is 0 Å². The van der Waals surface area contributed by atoms with Crippen LogP contribution in [0.4, 0.5) is 11.4 Å². The first-order valence-electron chi connectivity index (χ1n) is 6.09. The molecule has 0 saturated heterocycles. The molecule has 2 rings (SSSR count). The van der Waals surface area contributed by atoms with Gasteiger partial charge in [-0.3, -0.25) is 19.9 Å². The van der Waals surface area contributed by atoms with Crippen molar-refractivity contribution < 1.29 is 9.72 Å². The highest BCUT2D eigenvalue weighted by atomic mass is 16.6. The lowest BCUT2D eigenvalue weighted by Gasteiger charge is -2.08.